The van der Waals surface area contributed by atoms with E-state index in [1.807, 2.05) is 6.92 Å². The summed E-state index contributed by atoms with van der Waals surface area (Å²) in [5.74, 6) is -0.272. The van der Waals surface area contributed by atoms with Gasteiger partial charge in [0.05, 0.1) is 18.8 Å². The Bertz CT molecular complexity index is 377. The highest BCUT2D eigenvalue weighted by molar-refractivity contribution is 5.82. The van der Waals surface area contributed by atoms with Gasteiger partial charge >= 0.3 is 5.97 Å². The summed E-state index contributed by atoms with van der Waals surface area (Å²) in [6.45, 7) is 8.39. The van der Waals surface area contributed by atoms with Crippen LogP contribution in [0, 0.1) is 0 Å². The van der Waals surface area contributed by atoms with Crippen molar-refractivity contribution in [2.24, 2.45) is 0 Å². The number of hydrogen-bond acceptors (Lipinski definition) is 3. The van der Waals surface area contributed by atoms with Crippen molar-refractivity contribution in [3.63, 3.8) is 0 Å². The molecule has 1 saturated heterocycles. The molecule has 0 radical (unpaired) electrons. The summed E-state index contributed by atoms with van der Waals surface area (Å²) in [5, 5.41) is 0. The Labute approximate surface area is 116 Å². The molecule has 0 bridgehead atoms. The van der Waals surface area contributed by atoms with Crippen molar-refractivity contribution >= 4 is 5.97 Å². The van der Waals surface area contributed by atoms with Crippen LogP contribution in [0.2, 0.25) is 0 Å². The number of ether oxygens (including phenoxy) is 2. The van der Waals surface area contributed by atoms with E-state index in [0.717, 1.165) is 31.3 Å². The summed E-state index contributed by atoms with van der Waals surface area (Å²) in [5.41, 5.74) is 2.56. The van der Waals surface area contributed by atoms with Crippen LogP contribution in [0.5, 0.6) is 0 Å². The molecule has 19 heavy (non-hydrogen) atoms. The third kappa shape index (κ3) is 6.06. The van der Waals surface area contributed by atoms with E-state index in [-0.39, 0.29) is 11.6 Å². The van der Waals surface area contributed by atoms with Gasteiger partial charge in [0.1, 0.15) is 0 Å². The highest BCUT2D eigenvalue weighted by Crippen LogP contribution is 2.38. The van der Waals surface area contributed by atoms with Gasteiger partial charge in [-0.1, -0.05) is 17.2 Å². The lowest BCUT2D eigenvalue weighted by molar-refractivity contribution is -0.134. The first kappa shape index (κ1) is 16.0. The van der Waals surface area contributed by atoms with Crippen LogP contribution in [-0.4, -0.2) is 24.8 Å². The largest absolute Gasteiger partial charge is 0.466 e. The maximum atomic E-state index is 11.0. The standard InChI is InChI=1S/C16H26O3/c1-12(9-10-14-16(3,4)19-14)7-6-8-13(2)11-15(17)18-5/h7,11,14H,6,8-10H2,1-5H3/b12-7+,13-11+. The molecule has 1 rings (SSSR count). The highest BCUT2D eigenvalue weighted by Gasteiger charge is 2.46. The van der Waals surface area contributed by atoms with Gasteiger partial charge in [0.25, 0.3) is 0 Å². The summed E-state index contributed by atoms with van der Waals surface area (Å²) in [6.07, 6.45) is 8.31. The van der Waals surface area contributed by atoms with Gasteiger partial charge < -0.3 is 9.47 Å². The van der Waals surface area contributed by atoms with Gasteiger partial charge in [0, 0.05) is 6.08 Å². The van der Waals surface area contributed by atoms with E-state index in [1.165, 1.54) is 12.7 Å². The van der Waals surface area contributed by atoms with E-state index >= 15 is 0 Å². The Morgan fingerprint density at radius 2 is 1.89 bits per heavy atom. The molecule has 3 heteroatoms. The molecule has 1 aliphatic heterocycles. The lowest BCUT2D eigenvalue weighted by Gasteiger charge is -2.02. The zero-order valence-corrected chi connectivity index (χ0v) is 12.8. The predicted octanol–water partition coefficient (Wildman–Crippen LogP) is 3.79. The van der Waals surface area contributed by atoms with E-state index in [9.17, 15) is 4.79 Å². The number of carbonyl (C=O) groups excluding carboxylic acids is 1. The van der Waals surface area contributed by atoms with Gasteiger partial charge in [0.15, 0.2) is 0 Å². The molecule has 0 saturated carbocycles. The second-order valence-corrected chi connectivity index (χ2v) is 5.85. The van der Waals surface area contributed by atoms with Crippen LogP contribution in [0.3, 0.4) is 0 Å². The Hall–Kier alpha value is -1.09. The Balaban J connectivity index is 2.21. The molecule has 0 amide bonds. The summed E-state index contributed by atoms with van der Waals surface area (Å²) in [4.78, 5) is 11.0. The number of carbonyl (C=O) groups is 1. The van der Waals surface area contributed by atoms with Gasteiger partial charge in [-0.25, -0.2) is 4.79 Å². The fraction of sp³-hybridized carbons (Fsp3) is 0.688. The smallest absolute Gasteiger partial charge is 0.330 e. The predicted molar refractivity (Wildman–Crippen MR) is 77.0 cm³/mol. The molecule has 1 fully saturated rings. The van der Waals surface area contributed by atoms with E-state index in [1.54, 1.807) is 6.08 Å². The second-order valence-electron chi connectivity index (χ2n) is 5.85. The molecule has 108 valence electrons. The van der Waals surface area contributed by atoms with Gasteiger partial charge in [-0.15, -0.1) is 0 Å². The Morgan fingerprint density at radius 3 is 2.42 bits per heavy atom. The minimum absolute atomic E-state index is 0.0973. The van der Waals surface area contributed by atoms with Crippen LogP contribution >= 0.6 is 0 Å². The third-order valence-electron chi connectivity index (χ3n) is 3.56. The maximum Gasteiger partial charge on any atom is 0.330 e. The number of epoxide rings is 1. The number of rotatable bonds is 7. The van der Waals surface area contributed by atoms with Crippen molar-refractivity contribution < 1.29 is 14.3 Å². The Kier molecular flexibility index (Phi) is 5.80. The number of hydrogen-bond donors (Lipinski definition) is 0. The van der Waals surface area contributed by atoms with Crippen molar-refractivity contribution in [1.82, 2.24) is 0 Å². The maximum absolute atomic E-state index is 11.0. The molecule has 0 aromatic rings. The molecule has 0 aromatic carbocycles. The SMILES string of the molecule is COC(=O)/C=C(\C)CC/C=C(\C)CCC1OC1(C)C. The van der Waals surface area contributed by atoms with Crippen molar-refractivity contribution in [2.75, 3.05) is 7.11 Å². The summed E-state index contributed by atoms with van der Waals surface area (Å²) in [6, 6.07) is 0. The first-order chi connectivity index (χ1) is 8.85. The third-order valence-corrected chi connectivity index (χ3v) is 3.56. The summed E-state index contributed by atoms with van der Waals surface area (Å²) < 4.78 is 10.2. The van der Waals surface area contributed by atoms with Crippen molar-refractivity contribution in [3.05, 3.63) is 23.3 Å². The quantitative estimate of drug-likeness (QED) is 0.304. The molecule has 0 aliphatic carbocycles. The zero-order valence-electron chi connectivity index (χ0n) is 12.8. The number of methoxy groups -OCH3 is 1. The fourth-order valence-corrected chi connectivity index (χ4v) is 2.08. The van der Waals surface area contributed by atoms with E-state index < -0.39 is 0 Å². The minimum atomic E-state index is -0.272. The van der Waals surface area contributed by atoms with Crippen molar-refractivity contribution in [2.45, 2.75) is 65.1 Å². The van der Waals surface area contributed by atoms with E-state index in [4.69, 9.17) is 4.74 Å². The Morgan fingerprint density at radius 1 is 1.26 bits per heavy atom. The number of allylic oxidation sites excluding steroid dienone is 3. The summed E-state index contributed by atoms with van der Waals surface area (Å²) >= 11 is 0. The zero-order chi connectivity index (χ0) is 14.5. The second kappa shape index (κ2) is 6.90. The molecule has 1 atom stereocenters. The van der Waals surface area contributed by atoms with Crippen LogP contribution in [0.4, 0.5) is 0 Å². The topological polar surface area (TPSA) is 38.8 Å². The lowest BCUT2D eigenvalue weighted by Crippen LogP contribution is -2.02. The number of esters is 1. The molecular weight excluding hydrogens is 240 g/mol. The molecule has 0 aromatic heterocycles. The van der Waals surface area contributed by atoms with Crippen molar-refractivity contribution in [1.29, 1.82) is 0 Å². The van der Waals surface area contributed by atoms with Crippen LogP contribution in [-0.2, 0) is 14.3 Å². The molecule has 1 unspecified atom stereocenters. The first-order valence-electron chi connectivity index (χ1n) is 6.93. The van der Waals surface area contributed by atoms with Gasteiger partial charge in [-0.2, -0.15) is 0 Å². The monoisotopic (exact) mass is 266 g/mol. The van der Waals surface area contributed by atoms with Crippen LogP contribution in [0.15, 0.2) is 23.3 Å². The van der Waals surface area contributed by atoms with Gasteiger partial charge in [-0.3, -0.25) is 0 Å². The first-order valence-corrected chi connectivity index (χ1v) is 6.93. The average molecular weight is 266 g/mol. The van der Waals surface area contributed by atoms with E-state index in [2.05, 4.69) is 31.6 Å². The molecule has 3 nitrogen and oxygen atoms in total. The fourth-order valence-electron chi connectivity index (χ4n) is 2.08. The van der Waals surface area contributed by atoms with Crippen LogP contribution < -0.4 is 0 Å². The highest BCUT2D eigenvalue weighted by atomic mass is 16.6. The van der Waals surface area contributed by atoms with Crippen LogP contribution in [0.25, 0.3) is 0 Å². The normalized spacial score (nSPS) is 22.3. The average Bonchev–Trinajstić information content (AvgIpc) is 2.94. The molecule has 1 heterocycles. The minimum Gasteiger partial charge on any atom is -0.466 e. The van der Waals surface area contributed by atoms with Gasteiger partial charge in [-0.05, 0) is 53.4 Å². The molecule has 0 N–H and O–H groups in total. The lowest BCUT2D eigenvalue weighted by atomic mass is 10.0. The van der Waals surface area contributed by atoms with E-state index in [0.29, 0.717) is 6.10 Å². The molecule has 0 spiro atoms. The molecular formula is C16H26O3. The summed E-state index contributed by atoms with van der Waals surface area (Å²) in [7, 11) is 1.40. The van der Waals surface area contributed by atoms with Gasteiger partial charge in [0.2, 0.25) is 0 Å². The van der Waals surface area contributed by atoms with Crippen molar-refractivity contribution in [3.8, 4) is 0 Å². The molecule has 1 aliphatic rings. The van der Waals surface area contributed by atoms with Crippen LogP contribution in [0.1, 0.15) is 53.4 Å².